The summed E-state index contributed by atoms with van der Waals surface area (Å²) < 4.78 is 11.7. The van der Waals surface area contributed by atoms with Crippen molar-refractivity contribution in [1.29, 1.82) is 0 Å². The largest absolute Gasteiger partial charge is 0.464 e. The SMILES string of the molecule is Clc1ccc2c(c1)COC(C1CCCNC1)O2. The molecular weight excluding hydrogens is 238 g/mol. The average Bonchev–Trinajstić information content (AvgIpc) is 2.39. The first-order chi connectivity index (χ1) is 8.33. The van der Waals surface area contributed by atoms with Gasteiger partial charge in [0.15, 0.2) is 0 Å². The van der Waals surface area contributed by atoms with Gasteiger partial charge in [0.05, 0.1) is 6.61 Å². The quantitative estimate of drug-likeness (QED) is 0.835. The number of ether oxygens (including phenoxy) is 2. The highest BCUT2D eigenvalue weighted by molar-refractivity contribution is 6.30. The molecule has 1 aromatic rings. The van der Waals surface area contributed by atoms with Gasteiger partial charge in [-0.3, -0.25) is 0 Å². The highest BCUT2D eigenvalue weighted by atomic mass is 35.5. The van der Waals surface area contributed by atoms with Crippen LogP contribution in [0.25, 0.3) is 0 Å². The van der Waals surface area contributed by atoms with Crippen LogP contribution >= 0.6 is 11.6 Å². The summed E-state index contributed by atoms with van der Waals surface area (Å²) in [5.74, 6) is 1.36. The van der Waals surface area contributed by atoms with E-state index in [0.29, 0.717) is 12.5 Å². The van der Waals surface area contributed by atoms with Gasteiger partial charge >= 0.3 is 0 Å². The fourth-order valence-corrected chi connectivity index (χ4v) is 2.64. The summed E-state index contributed by atoms with van der Waals surface area (Å²) in [5, 5.41) is 4.11. The molecule has 2 aliphatic rings. The van der Waals surface area contributed by atoms with E-state index in [1.807, 2.05) is 18.2 Å². The van der Waals surface area contributed by atoms with Crippen LogP contribution in [-0.4, -0.2) is 19.4 Å². The molecule has 3 rings (SSSR count). The van der Waals surface area contributed by atoms with Crippen molar-refractivity contribution in [1.82, 2.24) is 5.32 Å². The molecule has 2 atom stereocenters. The lowest BCUT2D eigenvalue weighted by Gasteiger charge is -2.34. The van der Waals surface area contributed by atoms with Gasteiger partial charge in [0.25, 0.3) is 0 Å². The van der Waals surface area contributed by atoms with Gasteiger partial charge in [-0.25, -0.2) is 0 Å². The fourth-order valence-electron chi connectivity index (χ4n) is 2.45. The van der Waals surface area contributed by atoms with Crippen molar-refractivity contribution in [2.75, 3.05) is 13.1 Å². The summed E-state index contributed by atoms with van der Waals surface area (Å²) in [6.45, 7) is 2.68. The zero-order chi connectivity index (χ0) is 11.7. The first kappa shape index (κ1) is 11.3. The highest BCUT2D eigenvalue weighted by Gasteiger charge is 2.29. The molecule has 0 bridgehead atoms. The summed E-state index contributed by atoms with van der Waals surface area (Å²) in [4.78, 5) is 0. The fraction of sp³-hybridized carbons (Fsp3) is 0.538. The van der Waals surface area contributed by atoms with Crippen molar-refractivity contribution in [3.63, 3.8) is 0 Å². The lowest BCUT2D eigenvalue weighted by molar-refractivity contribution is -0.143. The smallest absolute Gasteiger partial charge is 0.204 e. The average molecular weight is 254 g/mol. The van der Waals surface area contributed by atoms with Gasteiger partial charge in [-0.2, -0.15) is 0 Å². The Labute approximate surface area is 106 Å². The van der Waals surface area contributed by atoms with E-state index < -0.39 is 0 Å². The Morgan fingerprint density at radius 2 is 2.29 bits per heavy atom. The molecule has 3 nitrogen and oxygen atoms in total. The van der Waals surface area contributed by atoms with Gasteiger partial charge in [-0.15, -0.1) is 0 Å². The zero-order valence-electron chi connectivity index (χ0n) is 9.62. The third-order valence-corrected chi connectivity index (χ3v) is 3.62. The molecule has 4 heteroatoms. The van der Waals surface area contributed by atoms with Gasteiger partial charge < -0.3 is 14.8 Å². The molecular formula is C13H16ClNO2. The molecule has 1 aromatic carbocycles. The van der Waals surface area contributed by atoms with Crippen LogP contribution < -0.4 is 10.1 Å². The van der Waals surface area contributed by atoms with Crippen molar-refractivity contribution in [3.05, 3.63) is 28.8 Å². The van der Waals surface area contributed by atoms with E-state index in [1.165, 1.54) is 12.8 Å². The molecule has 2 aliphatic heterocycles. The highest BCUT2D eigenvalue weighted by Crippen LogP contribution is 2.32. The molecule has 2 heterocycles. The van der Waals surface area contributed by atoms with E-state index in [9.17, 15) is 0 Å². The molecule has 17 heavy (non-hydrogen) atoms. The monoisotopic (exact) mass is 253 g/mol. The van der Waals surface area contributed by atoms with Crippen LogP contribution in [0.1, 0.15) is 18.4 Å². The number of rotatable bonds is 1. The number of piperidine rings is 1. The molecule has 0 radical (unpaired) electrons. The van der Waals surface area contributed by atoms with E-state index in [4.69, 9.17) is 21.1 Å². The number of halogens is 1. The summed E-state index contributed by atoms with van der Waals surface area (Å²) in [6.07, 6.45) is 2.25. The Hall–Kier alpha value is -0.770. The first-order valence-corrected chi connectivity index (χ1v) is 6.48. The molecule has 92 valence electrons. The van der Waals surface area contributed by atoms with Gasteiger partial charge in [0.1, 0.15) is 5.75 Å². The van der Waals surface area contributed by atoms with Gasteiger partial charge in [-0.05, 0) is 37.6 Å². The van der Waals surface area contributed by atoms with Crippen molar-refractivity contribution < 1.29 is 9.47 Å². The minimum absolute atomic E-state index is 0.114. The number of hydrogen-bond donors (Lipinski definition) is 1. The third-order valence-electron chi connectivity index (χ3n) is 3.39. The van der Waals surface area contributed by atoms with Crippen LogP contribution in [0.2, 0.25) is 5.02 Å². The van der Waals surface area contributed by atoms with E-state index in [1.54, 1.807) is 0 Å². The minimum atomic E-state index is -0.114. The number of benzene rings is 1. The molecule has 0 amide bonds. The van der Waals surface area contributed by atoms with Gasteiger partial charge in [-0.1, -0.05) is 11.6 Å². The standard InChI is InChI=1S/C13H16ClNO2/c14-11-3-4-12-10(6-11)8-16-13(17-12)9-2-1-5-15-7-9/h3-4,6,9,13,15H,1-2,5,7-8H2. The Bertz CT molecular complexity index is 404. The Kier molecular flexibility index (Phi) is 3.23. The van der Waals surface area contributed by atoms with Crippen molar-refractivity contribution >= 4 is 11.6 Å². The maximum Gasteiger partial charge on any atom is 0.204 e. The van der Waals surface area contributed by atoms with E-state index in [0.717, 1.165) is 29.4 Å². The second kappa shape index (κ2) is 4.84. The van der Waals surface area contributed by atoms with E-state index in [2.05, 4.69) is 5.32 Å². The molecule has 0 saturated carbocycles. The number of hydrogen-bond acceptors (Lipinski definition) is 3. The van der Waals surface area contributed by atoms with E-state index in [-0.39, 0.29) is 6.29 Å². The predicted molar refractivity (Wildman–Crippen MR) is 66.3 cm³/mol. The van der Waals surface area contributed by atoms with Crippen molar-refractivity contribution in [2.45, 2.75) is 25.7 Å². The van der Waals surface area contributed by atoms with Gasteiger partial charge in [0, 0.05) is 23.0 Å². The normalized spacial score (nSPS) is 28.3. The van der Waals surface area contributed by atoms with Crippen LogP contribution in [0.4, 0.5) is 0 Å². The maximum absolute atomic E-state index is 5.94. The third kappa shape index (κ3) is 2.41. The number of nitrogens with one attached hydrogen (secondary N) is 1. The van der Waals surface area contributed by atoms with Crippen molar-refractivity contribution in [2.24, 2.45) is 5.92 Å². The number of fused-ring (bicyclic) bond motifs is 1. The topological polar surface area (TPSA) is 30.5 Å². The zero-order valence-corrected chi connectivity index (χ0v) is 10.4. The second-order valence-corrected chi connectivity index (χ2v) is 5.09. The lowest BCUT2D eigenvalue weighted by Crippen LogP contribution is -2.42. The maximum atomic E-state index is 5.94. The molecule has 2 unspecified atom stereocenters. The Morgan fingerprint density at radius 3 is 3.12 bits per heavy atom. The van der Waals surface area contributed by atoms with Crippen LogP contribution in [0.3, 0.4) is 0 Å². The van der Waals surface area contributed by atoms with Crippen LogP contribution in [-0.2, 0) is 11.3 Å². The second-order valence-electron chi connectivity index (χ2n) is 4.66. The lowest BCUT2D eigenvalue weighted by atomic mass is 9.98. The predicted octanol–water partition coefficient (Wildman–Crippen LogP) is 2.57. The Morgan fingerprint density at radius 1 is 1.35 bits per heavy atom. The molecule has 0 aliphatic carbocycles. The summed E-state index contributed by atoms with van der Waals surface area (Å²) in [7, 11) is 0. The molecule has 1 N–H and O–H groups in total. The summed E-state index contributed by atoms with van der Waals surface area (Å²) in [6, 6.07) is 5.71. The van der Waals surface area contributed by atoms with Crippen LogP contribution in [0.15, 0.2) is 18.2 Å². The Balaban J connectivity index is 1.73. The first-order valence-electron chi connectivity index (χ1n) is 6.10. The molecule has 0 spiro atoms. The van der Waals surface area contributed by atoms with E-state index >= 15 is 0 Å². The molecule has 0 aromatic heterocycles. The summed E-state index contributed by atoms with van der Waals surface area (Å²) in [5.41, 5.74) is 1.04. The molecule has 1 fully saturated rings. The van der Waals surface area contributed by atoms with Crippen LogP contribution in [0.5, 0.6) is 5.75 Å². The molecule has 1 saturated heterocycles. The summed E-state index contributed by atoms with van der Waals surface area (Å²) >= 11 is 5.94. The van der Waals surface area contributed by atoms with Crippen molar-refractivity contribution in [3.8, 4) is 5.75 Å². The van der Waals surface area contributed by atoms with Gasteiger partial charge in [0.2, 0.25) is 6.29 Å². The minimum Gasteiger partial charge on any atom is -0.464 e. The van der Waals surface area contributed by atoms with Crippen LogP contribution in [0, 0.1) is 5.92 Å².